The highest BCUT2D eigenvalue weighted by Crippen LogP contribution is 2.34. The number of hydrogen-bond donors (Lipinski definition) is 0. The number of rotatable bonds is 6. The molecule has 0 fully saturated rings. The summed E-state index contributed by atoms with van der Waals surface area (Å²) in [6, 6.07) is 9.60. The third kappa shape index (κ3) is 4.74. The molecule has 0 bridgehead atoms. The van der Waals surface area contributed by atoms with Gasteiger partial charge in [0.1, 0.15) is 11.5 Å². The summed E-state index contributed by atoms with van der Waals surface area (Å²) < 4.78 is 6.81. The Morgan fingerprint density at radius 3 is 2.46 bits per heavy atom. The van der Waals surface area contributed by atoms with E-state index in [4.69, 9.17) is 16.3 Å². The first kappa shape index (κ1) is 18.8. The molecular weight excluding hydrogens is 388 g/mol. The Kier molecular flexibility index (Phi) is 6.69. The lowest BCUT2D eigenvalue weighted by Crippen LogP contribution is -2.20. The number of hydrogen-bond acceptors (Lipinski definition) is 2. The Morgan fingerprint density at radius 1 is 1.12 bits per heavy atom. The summed E-state index contributed by atoms with van der Waals surface area (Å²) in [5, 5.41) is 0.663. The second kappa shape index (κ2) is 8.54. The van der Waals surface area contributed by atoms with Gasteiger partial charge in [-0.25, -0.2) is 4.99 Å². The summed E-state index contributed by atoms with van der Waals surface area (Å²) in [5.74, 6) is 1.57. The van der Waals surface area contributed by atoms with E-state index in [9.17, 15) is 0 Å². The third-order valence-electron chi connectivity index (χ3n) is 3.78. The van der Waals surface area contributed by atoms with Crippen LogP contribution in [0.15, 0.2) is 39.8 Å². The topological polar surface area (TPSA) is 24.8 Å². The molecule has 128 valence electrons. The zero-order chi connectivity index (χ0) is 17.7. The van der Waals surface area contributed by atoms with Crippen molar-refractivity contribution in [3.8, 4) is 11.5 Å². The summed E-state index contributed by atoms with van der Waals surface area (Å²) in [6.45, 7) is 10.2. The van der Waals surface area contributed by atoms with Gasteiger partial charge in [0.15, 0.2) is 0 Å². The van der Waals surface area contributed by atoms with E-state index < -0.39 is 0 Å². The van der Waals surface area contributed by atoms with Crippen molar-refractivity contribution >= 4 is 39.6 Å². The predicted molar refractivity (Wildman–Crippen MR) is 106 cm³/mol. The van der Waals surface area contributed by atoms with Gasteiger partial charge in [0.25, 0.3) is 0 Å². The summed E-state index contributed by atoms with van der Waals surface area (Å²) >= 11 is 9.44. The highest BCUT2D eigenvalue weighted by Gasteiger charge is 2.08. The van der Waals surface area contributed by atoms with Crippen LogP contribution >= 0.6 is 27.5 Å². The van der Waals surface area contributed by atoms with Gasteiger partial charge in [-0.05, 0) is 85.1 Å². The minimum Gasteiger partial charge on any atom is -0.457 e. The average Bonchev–Trinajstić information content (AvgIpc) is 2.56. The SMILES string of the molecule is CCN(C=Nc1cc(C)c(Oc2ccc(Cl)c(Br)c2)cc1C)CC. The van der Waals surface area contributed by atoms with Gasteiger partial charge in [0, 0.05) is 17.6 Å². The van der Waals surface area contributed by atoms with Crippen LogP contribution in [0.3, 0.4) is 0 Å². The molecule has 3 nitrogen and oxygen atoms in total. The van der Waals surface area contributed by atoms with Crippen LogP contribution in [-0.4, -0.2) is 24.3 Å². The van der Waals surface area contributed by atoms with Gasteiger partial charge in [-0.1, -0.05) is 11.6 Å². The molecule has 5 heteroatoms. The standard InChI is InChI=1S/C19H22BrClN2O/c1-5-23(6-2)12-22-18-9-14(4)19(10-13(18)3)24-15-7-8-17(21)16(20)11-15/h7-12H,5-6H2,1-4H3. The Hall–Kier alpha value is -1.52. The second-order valence-corrected chi connectivity index (χ2v) is 6.81. The maximum absolute atomic E-state index is 6.02. The van der Waals surface area contributed by atoms with Crippen molar-refractivity contribution in [2.24, 2.45) is 4.99 Å². The van der Waals surface area contributed by atoms with Gasteiger partial charge in [-0.15, -0.1) is 0 Å². The van der Waals surface area contributed by atoms with E-state index in [1.165, 1.54) is 0 Å². The number of benzene rings is 2. The summed E-state index contributed by atoms with van der Waals surface area (Å²) in [5.41, 5.74) is 3.08. The predicted octanol–water partition coefficient (Wildman–Crippen LogP) is 6.51. The highest BCUT2D eigenvalue weighted by molar-refractivity contribution is 9.10. The van der Waals surface area contributed by atoms with Crippen LogP contribution in [-0.2, 0) is 0 Å². The van der Waals surface area contributed by atoms with Crippen molar-refractivity contribution in [1.82, 2.24) is 4.90 Å². The summed E-state index contributed by atoms with van der Waals surface area (Å²) in [6.07, 6.45) is 1.90. The van der Waals surface area contributed by atoms with E-state index in [0.29, 0.717) is 5.02 Å². The molecular formula is C19H22BrClN2O. The van der Waals surface area contributed by atoms with Crippen LogP contribution in [0.2, 0.25) is 5.02 Å². The minimum atomic E-state index is 0.663. The van der Waals surface area contributed by atoms with Gasteiger partial charge < -0.3 is 9.64 Å². The van der Waals surface area contributed by atoms with Crippen LogP contribution in [0.5, 0.6) is 11.5 Å². The number of ether oxygens (including phenoxy) is 1. The zero-order valence-electron chi connectivity index (χ0n) is 14.4. The van der Waals surface area contributed by atoms with Crippen molar-refractivity contribution in [2.75, 3.05) is 13.1 Å². The van der Waals surface area contributed by atoms with Gasteiger partial charge in [-0.2, -0.15) is 0 Å². The van der Waals surface area contributed by atoms with Crippen molar-refractivity contribution in [3.05, 3.63) is 51.0 Å². The molecule has 0 radical (unpaired) electrons. The van der Waals surface area contributed by atoms with Gasteiger partial charge in [-0.3, -0.25) is 0 Å². The van der Waals surface area contributed by atoms with E-state index in [-0.39, 0.29) is 0 Å². The van der Waals surface area contributed by atoms with Crippen LogP contribution in [0.4, 0.5) is 5.69 Å². The fourth-order valence-corrected chi connectivity index (χ4v) is 2.70. The van der Waals surface area contributed by atoms with Gasteiger partial charge in [0.2, 0.25) is 0 Å². The Labute approximate surface area is 157 Å². The molecule has 0 aromatic heterocycles. The third-order valence-corrected chi connectivity index (χ3v) is 5.00. The van der Waals surface area contributed by atoms with Crippen LogP contribution < -0.4 is 4.74 Å². The van der Waals surface area contributed by atoms with E-state index in [2.05, 4.69) is 45.7 Å². The Bertz CT molecular complexity index is 742. The lowest BCUT2D eigenvalue weighted by molar-refractivity contribution is 0.477. The molecule has 0 heterocycles. The monoisotopic (exact) mass is 408 g/mol. The van der Waals surface area contributed by atoms with Crippen molar-refractivity contribution in [3.63, 3.8) is 0 Å². The van der Waals surface area contributed by atoms with Gasteiger partial charge >= 0.3 is 0 Å². The van der Waals surface area contributed by atoms with E-state index >= 15 is 0 Å². The van der Waals surface area contributed by atoms with E-state index in [1.807, 2.05) is 44.5 Å². The number of aliphatic imine (C=N–C) groups is 1. The lowest BCUT2D eigenvalue weighted by atomic mass is 10.1. The fraction of sp³-hybridized carbons (Fsp3) is 0.316. The molecule has 2 aromatic rings. The normalized spacial score (nSPS) is 11.1. The molecule has 2 rings (SSSR count). The number of halogens is 2. The molecule has 0 aliphatic rings. The molecule has 0 saturated heterocycles. The molecule has 0 saturated carbocycles. The molecule has 0 aliphatic carbocycles. The second-order valence-electron chi connectivity index (χ2n) is 5.55. The summed E-state index contributed by atoms with van der Waals surface area (Å²) in [4.78, 5) is 6.76. The first-order valence-electron chi connectivity index (χ1n) is 7.97. The Balaban J connectivity index is 2.24. The molecule has 0 amide bonds. The minimum absolute atomic E-state index is 0.663. The maximum atomic E-state index is 6.02. The van der Waals surface area contributed by atoms with Crippen molar-refractivity contribution < 1.29 is 4.74 Å². The quantitative estimate of drug-likeness (QED) is 0.401. The molecule has 0 spiro atoms. The lowest BCUT2D eigenvalue weighted by Gasteiger charge is -2.15. The molecule has 0 atom stereocenters. The molecule has 2 aromatic carbocycles. The van der Waals surface area contributed by atoms with Crippen LogP contribution in [0, 0.1) is 13.8 Å². The van der Waals surface area contributed by atoms with Crippen LogP contribution in [0.1, 0.15) is 25.0 Å². The molecule has 0 N–H and O–H groups in total. The fourth-order valence-electron chi connectivity index (χ4n) is 2.22. The zero-order valence-corrected chi connectivity index (χ0v) is 16.8. The smallest absolute Gasteiger partial charge is 0.130 e. The molecule has 24 heavy (non-hydrogen) atoms. The maximum Gasteiger partial charge on any atom is 0.130 e. The Morgan fingerprint density at radius 2 is 1.83 bits per heavy atom. The van der Waals surface area contributed by atoms with Crippen molar-refractivity contribution in [2.45, 2.75) is 27.7 Å². The number of nitrogens with zero attached hydrogens (tertiary/aromatic N) is 2. The molecule has 0 unspecified atom stereocenters. The highest BCUT2D eigenvalue weighted by atomic mass is 79.9. The van der Waals surface area contributed by atoms with E-state index in [1.54, 1.807) is 0 Å². The molecule has 0 aliphatic heterocycles. The largest absolute Gasteiger partial charge is 0.457 e. The van der Waals surface area contributed by atoms with Gasteiger partial charge in [0.05, 0.1) is 17.0 Å². The first-order valence-corrected chi connectivity index (χ1v) is 9.14. The average molecular weight is 410 g/mol. The van der Waals surface area contributed by atoms with Crippen molar-refractivity contribution in [1.29, 1.82) is 0 Å². The van der Waals surface area contributed by atoms with E-state index in [0.717, 1.165) is 45.9 Å². The summed E-state index contributed by atoms with van der Waals surface area (Å²) in [7, 11) is 0. The first-order chi connectivity index (χ1) is 11.4. The number of aryl methyl sites for hydroxylation is 2. The van der Waals surface area contributed by atoms with Crippen LogP contribution in [0.25, 0.3) is 0 Å².